The minimum Gasteiger partial charge on any atom is -0.495 e. The van der Waals surface area contributed by atoms with E-state index in [2.05, 4.69) is 20.8 Å². The molecule has 10 heteroatoms. The van der Waals surface area contributed by atoms with Crippen LogP contribution in [0, 0.1) is 0 Å². The van der Waals surface area contributed by atoms with E-state index in [0.717, 1.165) is 17.4 Å². The van der Waals surface area contributed by atoms with Gasteiger partial charge >= 0.3 is 5.97 Å². The molecule has 0 aliphatic heterocycles. The zero-order valence-corrected chi connectivity index (χ0v) is 13.8. The summed E-state index contributed by atoms with van der Waals surface area (Å²) in [6.45, 7) is 0. The summed E-state index contributed by atoms with van der Waals surface area (Å²) in [5.74, 6) is -0.289. The molecule has 7 nitrogen and oxygen atoms in total. The third kappa shape index (κ3) is 4.83. The van der Waals surface area contributed by atoms with Crippen molar-refractivity contribution in [1.82, 2.24) is 10.2 Å². The van der Waals surface area contributed by atoms with Crippen molar-refractivity contribution in [2.45, 2.75) is 4.34 Å². The number of thioether (sulfide) groups is 1. The summed E-state index contributed by atoms with van der Waals surface area (Å²) in [4.78, 5) is 10.5. The van der Waals surface area contributed by atoms with Crippen LogP contribution < -0.4 is 15.4 Å². The molecule has 2 aromatic rings. The van der Waals surface area contributed by atoms with Gasteiger partial charge in [0.1, 0.15) is 5.75 Å². The van der Waals surface area contributed by atoms with E-state index in [1.807, 2.05) is 24.3 Å². The highest BCUT2D eigenvalue weighted by molar-refractivity contribution is 8.01. The van der Waals surface area contributed by atoms with Crippen LogP contribution in [0.1, 0.15) is 0 Å². The fraction of sp³-hybridized carbons (Fsp3) is 0.167. The smallest absolute Gasteiger partial charge is 0.313 e. The lowest BCUT2D eigenvalue weighted by Gasteiger charge is -2.11. The van der Waals surface area contributed by atoms with Crippen LogP contribution in [0.2, 0.25) is 0 Å². The van der Waals surface area contributed by atoms with Crippen molar-refractivity contribution in [1.29, 1.82) is 0 Å². The van der Waals surface area contributed by atoms with E-state index >= 15 is 0 Å². The normalized spacial score (nSPS) is 10.0. The van der Waals surface area contributed by atoms with Crippen LogP contribution in [0.5, 0.6) is 5.75 Å². The molecule has 0 atom stereocenters. The van der Waals surface area contributed by atoms with Gasteiger partial charge in [-0.1, -0.05) is 35.2 Å². The number of thiocarbonyl (C=S) groups is 1. The fourth-order valence-electron chi connectivity index (χ4n) is 1.44. The number of carboxylic acids is 1. The van der Waals surface area contributed by atoms with Gasteiger partial charge in [0.25, 0.3) is 0 Å². The zero-order chi connectivity index (χ0) is 15.9. The Morgan fingerprint density at radius 1 is 1.41 bits per heavy atom. The van der Waals surface area contributed by atoms with Crippen molar-refractivity contribution in [3.63, 3.8) is 0 Å². The topological polar surface area (TPSA) is 96.4 Å². The van der Waals surface area contributed by atoms with Gasteiger partial charge in [-0.3, -0.25) is 4.79 Å². The molecule has 3 N–H and O–H groups in total. The van der Waals surface area contributed by atoms with Crippen LogP contribution in [-0.2, 0) is 4.79 Å². The summed E-state index contributed by atoms with van der Waals surface area (Å²) in [5.41, 5.74) is 0.729. The van der Waals surface area contributed by atoms with Crippen molar-refractivity contribution in [2.75, 3.05) is 23.5 Å². The van der Waals surface area contributed by atoms with E-state index in [9.17, 15) is 4.79 Å². The lowest BCUT2D eigenvalue weighted by atomic mass is 10.3. The maximum Gasteiger partial charge on any atom is 0.313 e. The first kappa shape index (κ1) is 16.5. The third-order valence-electron chi connectivity index (χ3n) is 2.30. The molecule has 2 rings (SSSR count). The van der Waals surface area contributed by atoms with Crippen molar-refractivity contribution in [3.05, 3.63) is 24.3 Å². The molecule has 0 radical (unpaired) electrons. The summed E-state index contributed by atoms with van der Waals surface area (Å²) >= 11 is 7.54. The Morgan fingerprint density at radius 2 is 2.18 bits per heavy atom. The molecular weight excluding hydrogens is 344 g/mol. The molecule has 0 fully saturated rings. The summed E-state index contributed by atoms with van der Waals surface area (Å²) in [6.07, 6.45) is 0. The predicted molar refractivity (Wildman–Crippen MR) is 91.1 cm³/mol. The number of carbonyl (C=O) groups is 1. The van der Waals surface area contributed by atoms with Crippen LogP contribution in [0.25, 0.3) is 0 Å². The number of nitrogens with zero attached hydrogens (tertiary/aromatic N) is 2. The maximum absolute atomic E-state index is 10.5. The number of anilines is 2. The molecule has 22 heavy (non-hydrogen) atoms. The Bertz CT molecular complexity index is 677. The number of carboxylic acid groups (broad SMARTS) is 1. The van der Waals surface area contributed by atoms with E-state index < -0.39 is 5.97 Å². The minimum atomic E-state index is -0.900. The average molecular weight is 356 g/mol. The third-order valence-corrected chi connectivity index (χ3v) is 4.46. The van der Waals surface area contributed by atoms with E-state index in [0.29, 0.717) is 20.3 Å². The number of nitrogens with one attached hydrogen (secondary N) is 2. The Kier molecular flexibility index (Phi) is 5.92. The van der Waals surface area contributed by atoms with Crippen molar-refractivity contribution < 1.29 is 14.6 Å². The second-order valence-electron chi connectivity index (χ2n) is 3.83. The predicted octanol–water partition coefficient (Wildman–Crippen LogP) is 2.53. The number of hydrogen-bond acceptors (Lipinski definition) is 7. The number of aliphatic carboxylic acids is 1. The number of ether oxygens (including phenoxy) is 1. The van der Waals surface area contributed by atoms with E-state index in [-0.39, 0.29) is 5.75 Å². The molecule has 0 unspecified atom stereocenters. The Hall–Kier alpha value is -1.91. The summed E-state index contributed by atoms with van der Waals surface area (Å²) in [6, 6.07) is 7.37. The molecule has 0 spiro atoms. The molecular formula is C12H12N4O3S3. The number of rotatable bonds is 6. The molecule has 116 valence electrons. The maximum atomic E-state index is 10.5. The first-order chi connectivity index (χ1) is 10.6. The number of hydrogen-bond donors (Lipinski definition) is 3. The zero-order valence-electron chi connectivity index (χ0n) is 11.4. The van der Waals surface area contributed by atoms with Crippen LogP contribution in [0.15, 0.2) is 28.6 Å². The quantitative estimate of drug-likeness (QED) is 0.533. The molecule has 1 heterocycles. The fourth-order valence-corrected chi connectivity index (χ4v) is 3.19. The Morgan fingerprint density at radius 3 is 2.91 bits per heavy atom. The van der Waals surface area contributed by atoms with Gasteiger partial charge in [-0.2, -0.15) is 0 Å². The largest absolute Gasteiger partial charge is 0.495 e. The molecule has 0 aliphatic carbocycles. The summed E-state index contributed by atoms with van der Waals surface area (Å²) in [5, 5.41) is 23.1. The number of methoxy groups -OCH3 is 1. The molecule has 0 saturated carbocycles. The molecule has 1 aromatic carbocycles. The molecule has 0 aliphatic rings. The highest BCUT2D eigenvalue weighted by Crippen LogP contribution is 2.26. The molecule has 0 amide bonds. The highest BCUT2D eigenvalue weighted by Gasteiger charge is 2.09. The van der Waals surface area contributed by atoms with Gasteiger partial charge in [0.15, 0.2) is 9.45 Å². The summed E-state index contributed by atoms with van der Waals surface area (Å²) in [7, 11) is 1.58. The first-order valence-corrected chi connectivity index (χ1v) is 8.18. The Labute approximate surface area is 140 Å². The van der Waals surface area contributed by atoms with Crippen LogP contribution in [0.4, 0.5) is 10.8 Å². The van der Waals surface area contributed by atoms with Gasteiger partial charge in [0.05, 0.1) is 18.6 Å². The van der Waals surface area contributed by atoms with E-state index in [1.165, 1.54) is 11.3 Å². The van der Waals surface area contributed by atoms with Crippen molar-refractivity contribution in [2.24, 2.45) is 0 Å². The van der Waals surface area contributed by atoms with E-state index in [1.54, 1.807) is 7.11 Å². The second-order valence-corrected chi connectivity index (χ2v) is 6.44. The van der Waals surface area contributed by atoms with Crippen LogP contribution >= 0.6 is 35.3 Å². The highest BCUT2D eigenvalue weighted by atomic mass is 32.2. The molecule has 0 saturated heterocycles. The van der Waals surface area contributed by atoms with E-state index in [4.69, 9.17) is 22.1 Å². The summed E-state index contributed by atoms with van der Waals surface area (Å²) < 4.78 is 5.78. The lowest BCUT2D eigenvalue weighted by molar-refractivity contribution is -0.133. The van der Waals surface area contributed by atoms with Crippen molar-refractivity contribution in [3.8, 4) is 5.75 Å². The molecule has 0 bridgehead atoms. The second kappa shape index (κ2) is 7.92. The number of aromatic nitrogens is 2. The lowest BCUT2D eigenvalue weighted by Crippen LogP contribution is -2.19. The van der Waals surface area contributed by atoms with Gasteiger partial charge in [-0.25, -0.2) is 0 Å². The van der Waals surface area contributed by atoms with Gasteiger partial charge in [0, 0.05) is 0 Å². The SMILES string of the molecule is COc1ccccc1NC(=S)Nc1nnc(SCC(=O)O)s1. The van der Waals surface area contributed by atoms with Gasteiger partial charge in [-0.05, 0) is 24.4 Å². The molecule has 1 aromatic heterocycles. The Balaban J connectivity index is 1.93. The number of para-hydroxylation sites is 2. The standard InChI is InChI=1S/C12H12N4O3S3/c1-19-8-5-3-2-4-7(8)13-10(20)14-11-15-16-12(22-11)21-6-9(17)18/h2-5H,6H2,1H3,(H,17,18)(H2,13,14,15,20). The van der Waals surface area contributed by atoms with Gasteiger partial charge in [0.2, 0.25) is 5.13 Å². The van der Waals surface area contributed by atoms with Gasteiger partial charge < -0.3 is 20.5 Å². The minimum absolute atomic E-state index is 0.0570. The number of benzene rings is 1. The van der Waals surface area contributed by atoms with Crippen LogP contribution in [0.3, 0.4) is 0 Å². The monoisotopic (exact) mass is 356 g/mol. The van der Waals surface area contributed by atoms with Crippen molar-refractivity contribution >= 4 is 57.2 Å². The average Bonchev–Trinajstić information content (AvgIpc) is 2.93. The van der Waals surface area contributed by atoms with Crippen LogP contribution in [-0.4, -0.2) is 39.2 Å². The first-order valence-electron chi connectivity index (χ1n) is 5.97. The van der Waals surface area contributed by atoms with Gasteiger partial charge in [-0.15, -0.1) is 10.2 Å².